The number of rotatable bonds is 2. The summed E-state index contributed by atoms with van der Waals surface area (Å²) >= 11 is 3.40. The second kappa shape index (κ2) is 5.66. The van der Waals surface area contributed by atoms with Crippen LogP contribution in [0.15, 0.2) is 59.2 Å². The van der Waals surface area contributed by atoms with E-state index in [4.69, 9.17) is 0 Å². The van der Waals surface area contributed by atoms with Gasteiger partial charge in [0.05, 0.1) is 5.52 Å². The van der Waals surface area contributed by atoms with Crippen LogP contribution < -0.4 is 5.32 Å². The van der Waals surface area contributed by atoms with E-state index in [0.29, 0.717) is 5.56 Å². The van der Waals surface area contributed by atoms with Crippen molar-refractivity contribution in [1.29, 1.82) is 0 Å². The van der Waals surface area contributed by atoms with Crippen molar-refractivity contribution < 1.29 is 4.79 Å². The molecule has 1 heterocycles. The highest BCUT2D eigenvalue weighted by molar-refractivity contribution is 9.10. The Labute approximate surface area is 131 Å². The standard InChI is InChI=1S/C17H13BrN2O/c1-11-9-13(18)4-6-15(11)17(21)20-14-5-7-16-12(10-14)3-2-8-19-16/h2-10H,1H3,(H,20,21). The first-order chi connectivity index (χ1) is 10.1. The first-order valence-electron chi connectivity index (χ1n) is 6.56. The van der Waals surface area contributed by atoms with E-state index in [0.717, 1.165) is 26.6 Å². The summed E-state index contributed by atoms with van der Waals surface area (Å²) in [6.07, 6.45) is 1.76. The molecule has 104 valence electrons. The molecule has 0 aliphatic carbocycles. The zero-order chi connectivity index (χ0) is 14.8. The van der Waals surface area contributed by atoms with Gasteiger partial charge in [-0.2, -0.15) is 0 Å². The molecule has 3 nitrogen and oxygen atoms in total. The second-order valence-corrected chi connectivity index (χ2v) is 5.74. The van der Waals surface area contributed by atoms with Gasteiger partial charge in [0.15, 0.2) is 0 Å². The summed E-state index contributed by atoms with van der Waals surface area (Å²) in [4.78, 5) is 16.6. The molecule has 4 heteroatoms. The van der Waals surface area contributed by atoms with Gasteiger partial charge in [0.25, 0.3) is 5.91 Å². The highest BCUT2D eigenvalue weighted by atomic mass is 79.9. The lowest BCUT2D eigenvalue weighted by molar-refractivity contribution is 0.102. The van der Waals surface area contributed by atoms with Crippen molar-refractivity contribution >= 4 is 38.4 Å². The van der Waals surface area contributed by atoms with E-state index in [-0.39, 0.29) is 5.91 Å². The minimum absolute atomic E-state index is 0.108. The Morgan fingerprint density at radius 3 is 2.81 bits per heavy atom. The van der Waals surface area contributed by atoms with Crippen molar-refractivity contribution in [3.63, 3.8) is 0 Å². The third-order valence-electron chi connectivity index (χ3n) is 3.29. The molecule has 1 amide bonds. The highest BCUT2D eigenvalue weighted by Crippen LogP contribution is 2.20. The van der Waals surface area contributed by atoms with Crippen LogP contribution in [0.5, 0.6) is 0 Å². The Hall–Kier alpha value is -2.20. The Morgan fingerprint density at radius 2 is 2.00 bits per heavy atom. The van der Waals surface area contributed by atoms with E-state index in [2.05, 4.69) is 26.2 Å². The van der Waals surface area contributed by atoms with Gasteiger partial charge in [-0.1, -0.05) is 22.0 Å². The molecule has 0 aliphatic rings. The van der Waals surface area contributed by atoms with Crippen molar-refractivity contribution in [3.8, 4) is 0 Å². The largest absolute Gasteiger partial charge is 0.322 e. The summed E-state index contributed by atoms with van der Waals surface area (Å²) in [5.74, 6) is -0.108. The van der Waals surface area contributed by atoms with E-state index in [9.17, 15) is 4.79 Å². The maximum atomic E-state index is 12.3. The number of aryl methyl sites for hydroxylation is 1. The number of nitrogens with one attached hydrogen (secondary N) is 1. The third-order valence-corrected chi connectivity index (χ3v) is 3.79. The maximum Gasteiger partial charge on any atom is 0.255 e. The van der Waals surface area contributed by atoms with Crippen molar-refractivity contribution in [2.24, 2.45) is 0 Å². The average Bonchev–Trinajstić information content (AvgIpc) is 2.47. The lowest BCUT2D eigenvalue weighted by atomic mass is 10.1. The minimum atomic E-state index is -0.108. The van der Waals surface area contributed by atoms with E-state index in [1.54, 1.807) is 6.20 Å². The minimum Gasteiger partial charge on any atom is -0.322 e. The van der Waals surface area contributed by atoms with Crippen molar-refractivity contribution in [1.82, 2.24) is 4.98 Å². The van der Waals surface area contributed by atoms with E-state index >= 15 is 0 Å². The lowest BCUT2D eigenvalue weighted by Crippen LogP contribution is -2.13. The normalized spacial score (nSPS) is 10.6. The fourth-order valence-corrected chi connectivity index (χ4v) is 2.71. The Balaban J connectivity index is 1.89. The number of nitrogens with zero attached hydrogens (tertiary/aromatic N) is 1. The molecule has 3 rings (SSSR count). The summed E-state index contributed by atoms with van der Waals surface area (Å²) in [5.41, 5.74) is 3.28. The molecule has 0 bridgehead atoms. The van der Waals surface area contributed by atoms with Gasteiger partial charge in [-0.25, -0.2) is 0 Å². The van der Waals surface area contributed by atoms with Crippen molar-refractivity contribution in [2.75, 3.05) is 5.32 Å². The number of benzene rings is 2. The predicted octanol–water partition coefficient (Wildman–Crippen LogP) is 4.56. The van der Waals surface area contributed by atoms with Crippen LogP contribution in [0.3, 0.4) is 0 Å². The number of pyridine rings is 1. The number of hydrogen-bond acceptors (Lipinski definition) is 2. The Kier molecular flexibility index (Phi) is 3.71. The van der Waals surface area contributed by atoms with Crippen LogP contribution in [0.4, 0.5) is 5.69 Å². The number of anilines is 1. The molecule has 0 spiro atoms. The number of carbonyl (C=O) groups excluding carboxylic acids is 1. The van der Waals surface area contributed by atoms with Crippen LogP contribution in [0, 0.1) is 6.92 Å². The molecule has 0 radical (unpaired) electrons. The van der Waals surface area contributed by atoms with E-state index in [1.165, 1.54) is 0 Å². The first-order valence-corrected chi connectivity index (χ1v) is 7.35. The fourth-order valence-electron chi connectivity index (χ4n) is 2.23. The van der Waals surface area contributed by atoms with Crippen LogP contribution in [0.25, 0.3) is 10.9 Å². The number of amides is 1. The summed E-state index contributed by atoms with van der Waals surface area (Å²) in [6, 6.07) is 15.2. The van der Waals surface area contributed by atoms with Gasteiger partial charge < -0.3 is 5.32 Å². The van der Waals surface area contributed by atoms with Crippen LogP contribution in [0.1, 0.15) is 15.9 Å². The predicted molar refractivity (Wildman–Crippen MR) is 88.6 cm³/mol. The van der Waals surface area contributed by atoms with Gasteiger partial charge in [0.2, 0.25) is 0 Å². The van der Waals surface area contributed by atoms with Crippen LogP contribution >= 0.6 is 15.9 Å². The van der Waals surface area contributed by atoms with Gasteiger partial charge in [-0.05, 0) is 55.0 Å². The monoisotopic (exact) mass is 340 g/mol. The number of halogens is 1. The number of fused-ring (bicyclic) bond motifs is 1. The summed E-state index contributed by atoms with van der Waals surface area (Å²) in [6.45, 7) is 1.92. The average molecular weight is 341 g/mol. The Bertz CT molecular complexity index is 830. The topological polar surface area (TPSA) is 42.0 Å². The van der Waals surface area contributed by atoms with Gasteiger partial charge in [0.1, 0.15) is 0 Å². The molecule has 2 aromatic carbocycles. The number of aromatic nitrogens is 1. The van der Waals surface area contributed by atoms with E-state index in [1.807, 2.05) is 55.5 Å². The highest BCUT2D eigenvalue weighted by Gasteiger charge is 2.09. The Morgan fingerprint density at radius 1 is 1.14 bits per heavy atom. The summed E-state index contributed by atoms with van der Waals surface area (Å²) < 4.78 is 0.966. The molecule has 0 saturated heterocycles. The van der Waals surface area contributed by atoms with Crippen molar-refractivity contribution in [3.05, 3.63) is 70.3 Å². The van der Waals surface area contributed by atoms with Gasteiger partial charge in [-0.15, -0.1) is 0 Å². The molecule has 0 atom stereocenters. The van der Waals surface area contributed by atoms with Crippen LogP contribution in [-0.4, -0.2) is 10.9 Å². The fraction of sp³-hybridized carbons (Fsp3) is 0.0588. The maximum absolute atomic E-state index is 12.3. The lowest BCUT2D eigenvalue weighted by Gasteiger charge is -2.09. The van der Waals surface area contributed by atoms with Gasteiger partial charge >= 0.3 is 0 Å². The molecule has 0 saturated carbocycles. The van der Waals surface area contributed by atoms with Gasteiger partial charge in [-0.3, -0.25) is 9.78 Å². The molecule has 0 fully saturated rings. The SMILES string of the molecule is Cc1cc(Br)ccc1C(=O)Nc1ccc2ncccc2c1. The number of carbonyl (C=O) groups is 1. The van der Waals surface area contributed by atoms with Gasteiger partial charge in [0, 0.05) is 27.3 Å². The van der Waals surface area contributed by atoms with Crippen LogP contribution in [-0.2, 0) is 0 Å². The zero-order valence-electron chi connectivity index (χ0n) is 11.4. The summed E-state index contributed by atoms with van der Waals surface area (Å²) in [5, 5.41) is 3.93. The number of hydrogen-bond donors (Lipinski definition) is 1. The smallest absolute Gasteiger partial charge is 0.255 e. The second-order valence-electron chi connectivity index (χ2n) is 4.82. The molecule has 3 aromatic rings. The molecule has 1 N–H and O–H groups in total. The first kappa shape index (κ1) is 13.8. The molecular formula is C17H13BrN2O. The zero-order valence-corrected chi connectivity index (χ0v) is 13.0. The third kappa shape index (κ3) is 2.95. The van der Waals surface area contributed by atoms with E-state index < -0.39 is 0 Å². The molecule has 1 aromatic heterocycles. The molecular weight excluding hydrogens is 328 g/mol. The van der Waals surface area contributed by atoms with Crippen molar-refractivity contribution in [2.45, 2.75) is 6.92 Å². The quantitative estimate of drug-likeness (QED) is 0.743. The summed E-state index contributed by atoms with van der Waals surface area (Å²) in [7, 11) is 0. The molecule has 0 unspecified atom stereocenters. The molecule has 21 heavy (non-hydrogen) atoms. The molecule has 0 aliphatic heterocycles. The van der Waals surface area contributed by atoms with Crippen LogP contribution in [0.2, 0.25) is 0 Å².